The molecule has 1 aromatic carbocycles. The van der Waals surface area contributed by atoms with Gasteiger partial charge in [-0.15, -0.1) is 11.6 Å². The Kier molecular flexibility index (Phi) is 7.21. The number of hydrogen-bond acceptors (Lipinski definition) is 4. The number of carbonyl (C=O) groups excluding carboxylic acids is 1. The molecule has 0 bridgehead atoms. The molecule has 0 radical (unpaired) electrons. The van der Waals surface area contributed by atoms with Crippen LogP contribution in [0.2, 0.25) is 10.0 Å². The first-order chi connectivity index (χ1) is 12.3. The third kappa shape index (κ3) is 5.06. The number of halogens is 3. The van der Waals surface area contributed by atoms with Gasteiger partial charge in [0.1, 0.15) is 5.75 Å². The van der Waals surface area contributed by atoms with E-state index in [1.807, 2.05) is 13.8 Å². The summed E-state index contributed by atoms with van der Waals surface area (Å²) in [6, 6.07) is 4.93. The lowest BCUT2D eigenvalue weighted by Gasteiger charge is -2.37. The first-order valence-corrected chi connectivity index (χ1v) is 9.42. The van der Waals surface area contributed by atoms with Crippen LogP contribution in [0.1, 0.15) is 33.4 Å². The van der Waals surface area contributed by atoms with Gasteiger partial charge in [0.15, 0.2) is 6.10 Å². The maximum atomic E-state index is 12.0. The maximum absolute atomic E-state index is 12.0. The van der Waals surface area contributed by atoms with E-state index in [0.29, 0.717) is 15.8 Å². The van der Waals surface area contributed by atoms with Crippen LogP contribution >= 0.6 is 34.8 Å². The number of imidazole rings is 1. The molecule has 0 saturated carbocycles. The van der Waals surface area contributed by atoms with Crippen molar-refractivity contribution in [3.05, 3.63) is 47.0 Å². The van der Waals surface area contributed by atoms with Crippen molar-refractivity contribution in [1.82, 2.24) is 9.55 Å². The molecule has 0 aliphatic carbocycles. The van der Waals surface area contributed by atoms with Crippen LogP contribution in [-0.4, -0.2) is 27.5 Å². The van der Waals surface area contributed by atoms with Gasteiger partial charge in [-0.3, -0.25) is 9.36 Å². The van der Waals surface area contributed by atoms with Gasteiger partial charge in [-0.1, -0.05) is 44.0 Å². The van der Waals surface area contributed by atoms with E-state index < -0.39 is 17.7 Å². The average Bonchev–Trinajstić information content (AvgIpc) is 3.13. The van der Waals surface area contributed by atoms with E-state index in [2.05, 4.69) is 4.98 Å². The molecule has 1 heterocycles. The van der Waals surface area contributed by atoms with Crippen LogP contribution in [0, 0.1) is 5.41 Å². The van der Waals surface area contributed by atoms with Gasteiger partial charge in [-0.05, 0) is 18.2 Å². The number of hydrogen-bond donors (Lipinski definition) is 0. The van der Waals surface area contributed by atoms with Gasteiger partial charge in [-0.25, -0.2) is 4.98 Å². The van der Waals surface area contributed by atoms with E-state index in [-0.39, 0.29) is 18.3 Å². The fraction of sp³-hybridized carbons (Fsp3) is 0.444. The molecule has 2 rings (SSSR count). The van der Waals surface area contributed by atoms with E-state index in [1.165, 1.54) is 0 Å². The lowest BCUT2D eigenvalue weighted by atomic mass is 9.87. The van der Waals surface area contributed by atoms with E-state index >= 15 is 0 Å². The fourth-order valence-electron chi connectivity index (χ4n) is 2.30. The summed E-state index contributed by atoms with van der Waals surface area (Å²) < 4.78 is 13.6. The molecule has 1 aromatic heterocycles. The Bertz CT molecular complexity index is 735. The number of alkyl halides is 1. The smallest absolute Gasteiger partial charge is 0.306 e. The zero-order chi connectivity index (χ0) is 19.3. The number of carbonyl (C=O) groups is 1. The van der Waals surface area contributed by atoms with Gasteiger partial charge in [0.25, 0.3) is 0 Å². The zero-order valence-electron chi connectivity index (χ0n) is 14.8. The molecule has 0 saturated heterocycles. The molecule has 2 unspecified atom stereocenters. The maximum Gasteiger partial charge on any atom is 0.306 e. The first-order valence-electron chi connectivity index (χ1n) is 8.13. The molecule has 0 amide bonds. The SMILES string of the molecule is CCC(=O)OC(C(Oc1ccc(Cl)cc1Cl)n1ccnc1)C(C)(C)CCl. The molecule has 0 fully saturated rings. The second-order valence-corrected chi connectivity index (χ2v) is 7.59. The van der Waals surface area contributed by atoms with E-state index in [0.717, 1.165) is 0 Å². The highest BCUT2D eigenvalue weighted by atomic mass is 35.5. The summed E-state index contributed by atoms with van der Waals surface area (Å²) in [5.74, 6) is 0.333. The summed E-state index contributed by atoms with van der Waals surface area (Å²) >= 11 is 18.4. The highest BCUT2D eigenvalue weighted by Gasteiger charge is 2.41. The van der Waals surface area contributed by atoms with Crippen molar-refractivity contribution in [1.29, 1.82) is 0 Å². The zero-order valence-corrected chi connectivity index (χ0v) is 17.1. The van der Waals surface area contributed by atoms with Crippen LogP contribution < -0.4 is 4.74 Å². The molecule has 0 aliphatic rings. The number of ether oxygens (including phenoxy) is 2. The number of rotatable bonds is 8. The number of nitrogens with zero attached hydrogens (tertiary/aromatic N) is 2. The fourth-order valence-corrected chi connectivity index (χ4v) is 2.91. The van der Waals surface area contributed by atoms with E-state index in [9.17, 15) is 4.79 Å². The average molecular weight is 420 g/mol. The second kappa shape index (κ2) is 8.98. The van der Waals surface area contributed by atoms with Gasteiger partial charge in [0, 0.05) is 35.1 Å². The minimum atomic E-state index is -0.708. The molecule has 0 spiro atoms. The molecule has 2 aromatic rings. The van der Waals surface area contributed by atoms with Crippen LogP contribution in [0.25, 0.3) is 0 Å². The van der Waals surface area contributed by atoms with Crippen molar-refractivity contribution >= 4 is 40.8 Å². The Balaban J connectivity index is 2.45. The Morgan fingerprint density at radius 2 is 2.08 bits per heavy atom. The van der Waals surface area contributed by atoms with Crippen LogP contribution in [0.15, 0.2) is 36.9 Å². The molecule has 5 nitrogen and oxygen atoms in total. The predicted octanol–water partition coefficient (Wildman–Crippen LogP) is 5.35. The molecule has 8 heteroatoms. The summed E-state index contributed by atoms with van der Waals surface area (Å²) in [6.45, 7) is 5.55. The Hall–Kier alpha value is -1.43. The Morgan fingerprint density at radius 3 is 2.62 bits per heavy atom. The van der Waals surface area contributed by atoms with Crippen LogP contribution in [0.5, 0.6) is 5.75 Å². The standard InChI is InChI=1S/C18H21Cl3N2O3/c1-4-15(24)26-16(18(2,3)10-19)17(23-8-7-22-11-23)25-14-6-5-12(20)9-13(14)21/h5-9,11,16-17H,4,10H2,1-3H3. The van der Waals surface area contributed by atoms with Crippen LogP contribution in [-0.2, 0) is 9.53 Å². The largest absolute Gasteiger partial charge is 0.465 e. The Morgan fingerprint density at radius 1 is 1.35 bits per heavy atom. The highest BCUT2D eigenvalue weighted by molar-refractivity contribution is 6.35. The molecule has 2 atom stereocenters. The molecule has 142 valence electrons. The van der Waals surface area contributed by atoms with Gasteiger partial charge in [-0.2, -0.15) is 0 Å². The predicted molar refractivity (Wildman–Crippen MR) is 103 cm³/mol. The van der Waals surface area contributed by atoms with Crippen molar-refractivity contribution in [3.63, 3.8) is 0 Å². The van der Waals surface area contributed by atoms with Crippen LogP contribution in [0.4, 0.5) is 0 Å². The summed E-state index contributed by atoms with van der Waals surface area (Å²) in [6.07, 6.45) is 3.80. The molecular weight excluding hydrogens is 399 g/mol. The Labute approximate surface area is 168 Å². The minimum absolute atomic E-state index is 0.243. The van der Waals surface area contributed by atoms with Crippen molar-refractivity contribution < 1.29 is 14.3 Å². The van der Waals surface area contributed by atoms with Crippen molar-refractivity contribution in [2.75, 3.05) is 5.88 Å². The van der Waals surface area contributed by atoms with E-state index in [1.54, 1.807) is 48.4 Å². The highest BCUT2D eigenvalue weighted by Crippen LogP contribution is 2.37. The van der Waals surface area contributed by atoms with Crippen molar-refractivity contribution in [3.8, 4) is 5.75 Å². The van der Waals surface area contributed by atoms with Gasteiger partial charge in [0.2, 0.25) is 6.23 Å². The lowest BCUT2D eigenvalue weighted by molar-refractivity contribution is -0.167. The quantitative estimate of drug-likeness (QED) is 0.427. The number of benzene rings is 1. The third-order valence-electron chi connectivity index (χ3n) is 3.88. The molecule has 26 heavy (non-hydrogen) atoms. The monoisotopic (exact) mass is 418 g/mol. The summed E-state index contributed by atoms with van der Waals surface area (Å²) in [7, 11) is 0. The van der Waals surface area contributed by atoms with Crippen molar-refractivity contribution in [2.24, 2.45) is 5.41 Å². The summed E-state index contributed by atoms with van der Waals surface area (Å²) in [4.78, 5) is 16.1. The number of aromatic nitrogens is 2. The number of esters is 1. The second-order valence-electron chi connectivity index (χ2n) is 6.48. The molecule has 0 aliphatic heterocycles. The first kappa shape index (κ1) is 20.9. The van der Waals surface area contributed by atoms with Gasteiger partial charge >= 0.3 is 5.97 Å². The normalized spacial score (nSPS) is 13.9. The summed E-state index contributed by atoms with van der Waals surface area (Å²) in [5.41, 5.74) is -0.569. The van der Waals surface area contributed by atoms with Gasteiger partial charge in [0.05, 0.1) is 11.3 Å². The lowest BCUT2D eigenvalue weighted by Crippen LogP contribution is -2.44. The van der Waals surface area contributed by atoms with Crippen molar-refractivity contribution in [2.45, 2.75) is 39.5 Å². The third-order valence-corrected chi connectivity index (χ3v) is 5.10. The summed E-state index contributed by atoms with van der Waals surface area (Å²) in [5, 5.41) is 0.850. The van der Waals surface area contributed by atoms with E-state index in [4.69, 9.17) is 44.3 Å². The van der Waals surface area contributed by atoms with Gasteiger partial charge < -0.3 is 9.47 Å². The molecule has 0 N–H and O–H groups in total. The topological polar surface area (TPSA) is 53.4 Å². The minimum Gasteiger partial charge on any atom is -0.465 e. The molecular formula is C18H21Cl3N2O3. The van der Waals surface area contributed by atoms with Crippen LogP contribution in [0.3, 0.4) is 0 Å².